The maximum Gasteiger partial charge on any atom is 0.133 e. The Hall–Kier alpha value is -0.250. The van der Waals surface area contributed by atoms with E-state index < -0.39 is 0 Å². The Bertz CT molecular complexity index is 392. The predicted molar refractivity (Wildman–Crippen MR) is 84.2 cm³/mol. The molecule has 0 saturated carbocycles. The SMILES string of the molecule is Clc1ccc(OCCCN2CCCCCC2)c(Br)c1. The summed E-state index contributed by atoms with van der Waals surface area (Å²) >= 11 is 9.37. The van der Waals surface area contributed by atoms with Crippen molar-refractivity contribution >= 4 is 27.5 Å². The molecule has 2 nitrogen and oxygen atoms in total. The van der Waals surface area contributed by atoms with Crippen LogP contribution in [0.15, 0.2) is 22.7 Å². The summed E-state index contributed by atoms with van der Waals surface area (Å²) in [6.07, 6.45) is 6.57. The Labute approximate surface area is 129 Å². The van der Waals surface area contributed by atoms with E-state index in [2.05, 4.69) is 20.8 Å². The van der Waals surface area contributed by atoms with Crippen molar-refractivity contribution in [2.45, 2.75) is 32.1 Å². The summed E-state index contributed by atoms with van der Waals surface area (Å²) in [5, 5.41) is 0.726. The summed E-state index contributed by atoms with van der Waals surface area (Å²) in [4.78, 5) is 2.56. The minimum absolute atomic E-state index is 0.726. The molecule has 4 heteroatoms. The van der Waals surface area contributed by atoms with Crippen LogP contribution < -0.4 is 4.74 Å². The molecule has 106 valence electrons. The molecule has 0 atom stereocenters. The van der Waals surface area contributed by atoms with E-state index >= 15 is 0 Å². The van der Waals surface area contributed by atoms with E-state index in [-0.39, 0.29) is 0 Å². The number of benzene rings is 1. The third-order valence-corrected chi connectivity index (χ3v) is 4.32. The highest BCUT2D eigenvalue weighted by Gasteiger charge is 2.08. The highest BCUT2D eigenvalue weighted by Crippen LogP contribution is 2.28. The second kappa shape index (κ2) is 8.13. The molecule has 0 unspecified atom stereocenters. The highest BCUT2D eigenvalue weighted by atomic mass is 79.9. The normalized spacial score (nSPS) is 17.2. The van der Waals surface area contributed by atoms with Crippen molar-refractivity contribution in [1.82, 2.24) is 4.90 Å². The fourth-order valence-corrected chi connectivity index (χ4v) is 3.22. The van der Waals surface area contributed by atoms with Crippen LogP contribution in [0.3, 0.4) is 0 Å². The molecule has 0 aromatic heterocycles. The Morgan fingerprint density at radius 1 is 1.16 bits per heavy atom. The minimum atomic E-state index is 0.726. The molecule has 2 rings (SSSR count). The lowest BCUT2D eigenvalue weighted by atomic mass is 10.2. The van der Waals surface area contributed by atoms with E-state index in [1.807, 2.05) is 18.2 Å². The molecule has 1 heterocycles. The van der Waals surface area contributed by atoms with Gasteiger partial charge in [-0.05, 0) is 66.5 Å². The largest absolute Gasteiger partial charge is 0.492 e. The van der Waals surface area contributed by atoms with Crippen LogP contribution in [0.5, 0.6) is 5.75 Å². The van der Waals surface area contributed by atoms with Crippen molar-refractivity contribution in [3.63, 3.8) is 0 Å². The van der Waals surface area contributed by atoms with Gasteiger partial charge in [0.2, 0.25) is 0 Å². The molecule has 0 aliphatic carbocycles. The molecule has 1 saturated heterocycles. The number of likely N-dealkylation sites (tertiary alicyclic amines) is 1. The first kappa shape index (κ1) is 15.1. The summed E-state index contributed by atoms with van der Waals surface area (Å²) in [5.74, 6) is 0.875. The van der Waals surface area contributed by atoms with E-state index in [1.165, 1.54) is 38.8 Å². The third kappa shape index (κ3) is 5.33. The van der Waals surface area contributed by atoms with Crippen LogP contribution >= 0.6 is 27.5 Å². The van der Waals surface area contributed by atoms with Crippen LogP contribution in [-0.2, 0) is 0 Å². The molecule has 0 N–H and O–H groups in total. The average Bonchev–Trinajstić information content (AvgIpc) is 2.65. The zero-order valence-electron chi connectivity index (χ0n) is 11.2. The van der Waals surface area contributed by atoms with Gasteiger partial charge in [0, 0.05) is 11.6 Å². The third-order valence-electron chi connectivity index (χ3n) is 3.47. The van der Waals surface area contributed by atoms with E-state index in [0.29, 0.717) is 0 Å². The van der Waals surface area contributed by atoms with Crippen molar-refractivity contribution in [3.05, 3.63) is 27.7 Å². The molecule has 1 aromatic carbocycles. The molecule has 0 amide bonds. The summed E-state index contributed by atoms with van der Waals surface area (Å²) < 4.78 is 6.71. The maximum absolute atomic E-state index is 5.90. The fraction of sp³-hybridized carbons (Fsp3) is 0.600. The zero-order valence-corrected chi connectivity index (χ0v) is 13.5. The Morgan fingerprint density at radius 3 is 2.58 bits per heavy atom. The van der Waals surface area contributed by atoms with E-state index in [9.17, 15) is 0 Å². The molecular weight excluding hydrogens is 326 g/mol. The van der Waals surface area contributed by atoms with Crippen LogP contribution in [-0.4, -0.2) is 31.1 Å². The number of hydrogen-bond acceptors (Lipinski definition) is 2. The Morgan fingerprint density at radius 2 is 1.89 bits per heavy atom. The molecule has 0 bridgehead atoms. The monoisotopic (exact) mass is 345 g/mol. The number of hydrogen-bond donors (Lipinski definition) is 0. The van der Waals surface area contributed by atoms with Crippen molar-refractivity contribution in [3.8, 4) is 5.75 Å². The smallest absolute Gasteiger partial charge is 0.133 e. The van der Waals surface area contributed by atoms with Gasteiger partial charge in [0.15, 0.2) is 0 Å². The first-order valence-electron chi connectivity index (χ1n) is 7.06. The van der Waals surface area contributed by atoms with Crippen LogP contribution in [0.2, 0.25) is 5.02 Å². The average molecular weight is 347 g/mol. The van der Waals surface area contributed by atoms with Crippen molar-refractivity contribution in [2.24, 2.45) is 0 Å². The van der Waals surface area contributed by atoms with Crippen molar-refractivity contribution < 1.29 is 4.74 Å². The van der Waals surface area contributed by atoms with Gasteiger partial charge in [-0.2, -0.15) is 0 Å². The molecule has 0 spiro atoms. The van der Waals surface area contributed by atoms with E-state index in [0.717, 1.165) is 34.8 Å². The van der Waals surface area contributed by atoms with Gasteiger partial charge in [0.25, 0.3) is 0 Å². The van der Waals surface area contributed by atoms with E-state index in [1.54, 1.807) is 0 Å². The number of halogens is 2. The topological polar surface area (TPSA) is 12.5 Å². The van der Waals surface area contributed by atoms with Crippen LogP contribution in [0, 0.1) is 0 Å². The first-order valence-corrected chi connectivity index (χ1v) is 8.23. The summed E-state index contributed by atoms with van der Waals surface area (Å²) in [7, 11) is 0. The van der Waals surface area contributed by atoms with Crippen LogP contribution in [0.25, 0.3) is 0 Å². The molecule has 1 aromatic rings. The second-order valence-electron chi connectivity index (χ2n) is 5.03. The van der Waals surface area contributed by atoms with Crippen molar-refractivity contribution in [2.75, 3.05) is 26.2 Å². The maximum atomic E-state index is 5.90. The number of ether oxygens (including phenoxy) is 1. The molecule has 1 aliphatic rings. The van der Waals surface area contributed by atoms with Crippen LogP contribution in [0.4, 0.5) is 0 Å². The molecule has 19 heavy (non-hydrogen) atoms. The van der Waals surface area contributed by atoms with Crippen molar-refractivity contribution in [1.29, 1.82) is 0 Å². The van der Waals surface area contributed by atoms with Gasteiger partial charge in [-0.3, -0.25) is 0 Å². The van der Waals surface area contributed by atoms with E-state index in [4.69, 9.17) is 16.3 Å². The lowest BCUT2D eigenvalue weighted by Crippen LogP contribution is -2.26. The summed E-state index contributed by atoms with van der Waals surface area (Å²) in [5.41, 5.74) is 0. The number of nitrogens with zero attached hydrogens (tertiary/aromatic N) is 1. The highest BCUT2D eigenvalue weighted by molar-refractivity contribution is 9.10. The predicted octanol–water partition coefficient (Wildman–Crippen LogP) is 4.75. The summed E-state index contributed by atoms with van der Waals surface area (Å²) in [6.45, 7) is 4.41. The molecule has 1 fully saturated rings. The second-order valence-corrected chi connectivity index (χ2v) is 6.32. The van der Waals surface area contributed by atoms with Crippen LogP contribution in [0.1, 0.15) is 32.1 Å². The minimum Gasteiger partial charge on any atom is -0.492 e. The van der Waals surface area contributed by atoms with Gasteiger partial charge in [-0.15, -0.1) is 0 Å². The Kier molecular flexibility index (Phi) is 6.48. The molecule has 0 radical (unpaired) electrons. The van der Waals surface area contributed by atoms with Gasteiger partial charge < -0.3 is 9.64 Å². The van der Waals surface area contributed by atoms with Gasteiger partial charge in [-0.1, -0.05) is 24.4 Å². The van der Waals surface area contributed by atoms with Gasteiger partial charge in [0.05, 0.1) is 11.1 Å². The standard InChI is InChI=1S/C15H21BrClNO/c16-14-12-13(17)6-7-15(14)19-11-5-10-18-8-3-1-2-4-9-18/h6-7,12H,1-5,8-11H2. The van der Waals surface area contributed by atoms with Gasteiger partial charge in [-0.25, -0.2) is 0 Å². The quantitative estimate of drug-likeness (QED) is 0.714. The van der Waals surface area contributed by atoms with Gasteiger partial charge in [0.1, 0.15) is 5.75 Å². The fourth-order valence-electron chi connectivity index (χ4n) is 2.42. The number of rotatable bonds is 5. The molecular formula is C15H21BrClNO. The zero-order chi connectivity index (χ0) is 13.5. The van der Waals surface area contributed by atoms with Gasteiger partial charge >= 0.3 is 0 Å². The first-order chi connectivity index (χ1) is 9.25. The summed E-state index contributed by atoms with van der Waals surface area (Å²) in [6, 6.07) is 5.64. The molecule has 1 aliphatic heterocycles. The lowest BCUT2D eigenvalue weighted by molar-refractivity contribution is 0.239. The lowest BCUT2D eigenvalue weighted by Gasteiger charge is -2.19. The Balaban J connectivity index is 1.68.